The summed E-state index contributed by atoms with van der Waals surface area (Å²) in [7, 11) is 0. The average Bonchev–Trinajstić information content (AvgIpc) is 2.90. The predicted octanol–water partition coefficient (Wildman–Crippen LogP) is 1.59. The van der Waals surface area contributed by atoms with E-state index in [-0.39, 0.29) is 25.1 Å². The molecule has 0 saturated heterocycles. The van der Waals surface area contributed by atoms with Crippen LogP contribution in [0.2, 0.25) is 0 Å². The second kappa shape index (κ2) is 7.33. The fourth-order valence-electron chi connectivity index (χ4n) is 3.00. The van der Waals surface area contributed by atoms with Crippen LogP contribution in [0.15, 0.2) is 33.5 Å². The molecule has 0 radical (unpaired) electrons. The Labute approximate surface area is 138 Å². The van der Waals surface area contributed by atoms with E-state index >= 15 is 0 Å². The number of aromatic nitrogens is 1. The second-order valence-electron chi connectivity index (χ2n) is 5.98. The highest BCUT2D eigenvalue weighted by atomic mass is 16.5. The molecule has 0 atom stereocenters. The van der Waals surface area contributed by atoms with Crippen molar-refractivity contribution in [3.8, 4) is 0 Å². The van der Waals surface area contributed by atoms with Crippen molar-refractivity contribution in [3.63, 3.8) is 0 Å². The number of oxazole rings is 1. The first-order valence-electron chi connectivity index (χ1n) is 8.17. The summed E-state index contributed by atoms with van der Waals surface area (Å²) in [6, 6.07) is 6.99. The summed E-state index contributed by atoms with van der Waals surface area (Å²) in [5, 5.41) is 2.87. The molecule has 1 aliphatic rings. The van der Waals surface area contributed by atoms with Crippen LogP contribution in [0.4, 0.5) is 0 Å². The highest BCUT2D eigenvalue weighted by Gasteiger charge is 2.18. The normalized spacial score (nSPS) is 15.3. The highest BCUT2D eigenvalue weighted by molar-refractivity contribution is 5.81. The van der Waals surface area contributed by atoms with E-state index < -0.39 is 11.7 Å². The van der Waals surface area contributed by atoms with Gasteiger partial charge in [0.1, 0.15) is 6.54 Å². The molecule has 24 heavy (non-hydrogen) atoms. The third kappa shape index (κ3) is 3.84. The Hall–Kier alpha value is -2.57. The molecule has 1 aromatic heterocycles. The number of benzene rings is 1. The molecule has 1 saturated carbocycles. The number of para-hydroxylation sites is 2. The molecule has 0 spiro atoms. The van der Waals surface area contributed by atoms with E-state index in [0.29, 0.717) is 11.1 Å². The maximum atomic E-state index is 11.9. The summed E-state index contributed by atoms with van der Waals surface area (Å²) in [4.78, 5) is 35.5. The molecule has 0 aliphatic heterocycles. The van der Waals surface area contributed by atoms with Gasteiger partial charge < -0.3 is 14.5 Å². The molecule has 1 heterocycles. The van der Waals surface area contributed by atoms with Crippen LogP contribution in [0.1, 0.15) is 32.1 Å². The molecular weight excluding hydrogens is 312 g/mol. The van der Waals surface area contributed by atoms with Crippen LogP contribution in [-0.4, -0.2) is 29.1 Å². The fourth-order valence-corrected chi connectivity index (χ4v) is 3.00. The quantitative estimate of drug-likeness (QED) is 0.840. The van der Waals surface area contributed by atoms with Crippen molar-refractivity contribution in [2.75, 3.05) is 6.61 Å². The molecule has 1 fully saturated rings. The monoisotopic (exact) mass is 332 g/mol. The lowest BCUT2D eigenvalue weighted by Gasteiger charge is -2.22. The molecule has 128 valence electrons. The zero-order valence-corrected chi connectivity index (χ0v) is 13.3. The van der Waals surface area contributed by atoms with Crippen molar-refractivity contribution in [1.29, 1.82) is 0 Å². The Bertz CT molecular complexity index is 786. The summed E-state index contributed by atoms with van der Waals surface area (Å²) in [6.07, 6.45) is 5.36. The van der Waals surface area contributed by atoms with Crippen LogP contribution < -0.4 is 11.1 Å². The van der Waals surface area contributed by atoms with Gasteiger partial charge in [-0.05, 0) is 25.0 Å². The van der Waals surface area contributed by atoms with E-state index in [1.807, 2.05) is 0 Å². The largest absolute Gasteiger partial charge is 0.454 e. The van der Waals surface area contributed by atoms with Crippen molar-refractivity contribution in [3.05, 3.63) is 34.8 Å². The summed E-state index contributed by atoms with van der Waals surface area (Å²) in [6.45, 7) is -0.619. The van der Waals surface area contributed by atoms with E-state index in [2.05, 4.69) is 5.32 Å². The minimum absolute atomic E-state index is 0.172. The lowest BCUT2D eigenvalue weighted by Crippen LogP contribution is -2.39. The second-order valence-corrected chi connectivity index (χ2v) is 5.98. The number of hydrogen-bond acceptors (Lipinski definition) is 5. The molecule has 7 nitrogen and oxygen atoms in total. The average molecular weight is 332 g/mol. The van der Waals surface area contributed by atoms with E-state index in [0.717, 1.165) is 25.7 Å². The third-order valence-corrected chi connectivity index (χ3v) is 4.20. The fraction of sp³-hybridized carbons (Fsp3) is 0.471. The molecule has 1 N–H and O–H groups in total. The van der Waals surface area contributed by atoms with Crippen molar-refractivity contribution in [2.24, 2.45) is 0 Å². The molecule has 2 aromatic rings. The van der Waals surface area contributed by atoms with Crippen LogP contribution in [0.5, 0.6) is 0 Å². The molecule has 7 heteroatoms. The lowest BCUT2D eigenvalue weighted by molar-refractivity contribution is -0.149. The number of fused-ring (bicyclic) bond motifs is 1. The maximum Gasteiger partial charge on any atom is 0.420 e. The van der Waals surface area contributed by atoms with Gasteiger partial charge >= 0.3 is 11.7 Å². The van der Waals surface area contributed by atoms with Gasteiger partial charge in [-0.1, -0.05) is 31.4 Å². The van der Waals surface area contributed by atoms with E-state index in [9.17, 15) is 14.4 Å². The molecule has 1 aromatic carbocycles. The minimum atomic E-state index is -0.651. The summed E-state index contributed by atoms with van der Waals surface area (Å²) >= 11 is 0. The Kier molecular flexibility index (Phi) is 4.98. The van der Waals surface area contributed by atoms with Crippen LogP contribution in [0.3, 0.4) is 0 Å². The summed E-state index contributed by atoms with van der Waals surface area (Å²) in [5.41, 5.74) is 0.927. The Morgan fingerprint density at radius 1 is 1.21 bits per heavy atom. The Morgan fingerprint density at radius 3 is 2.75 bits per heavy atom. The first kappa shape index (κ1) is 16.3. The number of carbonyl (C=O) groups excluding carboxylic acids is 2. The molecule has 3 rings (SSSR count). The van der Waals surface area contributed by atoms with Gasteiger partial charge in [-0.25, -0.2) is 4.79 Å². The van der Waals surface area contributed by atoms with Crippen molar-refractivity contribution in [1.82, 2.24) is 9.88 Å². The number of carbonyl (C=O) groups is 2. The number of hydrogen-bond donors (Lipinski definition) is 1. The van der Waals surface area contributed by atoms with Gasteiger partial charge in [0, 0.05) is 6.04 Å². The number of nitrogens with one attached hydrogen (secondary N) is 1. The van der Waals surface area contributed by atoms with Crippen LogP contribution in [0, 0.1) is 0 Å². The van der Waals surface area contributed by atoms with Gasteiger partial charge in [0.05, 0.1) is 5.52 Å². The number of ether oxygens (including phenoxy) is 1. The highest BCUT2D eigenvalue weighted by Crippen LogP contribution is 2.17. The van der Waals surface area contributed by atoms with Gasteiger partial charge in [-0.3, -0.25) is 14.2 Å². The minimum Gasteiger partial charge on any atom is -0.454 e. The number of rotatable bonds is 5. The van der Waals surface area contributed by atoms with Gasteiger partial charge in [0.25, 0.3) is 5.91 Å². The van der Waals surface area contributed by atoms with Crippen LogP contribution >= 0.6 is 0 Å². The molecule has 1 aliphatic carbocycles. The first-order valence-corrected chi connectivity index (χ1v) is 8.17. The predicted molar refractivity (Wildman–Crippen MR) is 86.4 cm³/mol. The zero-order chi connectivity index (χ0) is 16.9. The van der Waals surface area contributed by atoms with E-state index in [1.54, 1.807) is 24.3 Å². The van der Waals surface area contributed by atoms with E-state index in [1.165, 1.54) is 11.0 Å². The Morgan fingerprint density at radius 2 is 1.96 bits per heavy atom. The smallest absolute Gasteiger partial charge is 0.420 e. The topological polar surface area (TPSA) is 90.5 Å². The van der Waals surface area contributed by atoms with Gasteiger partial charge in [0.2, 0.25) is 0 Å². The summed E-state index contributed by atoms with van der Waals surface area (Å²) in [5.74, 6) is -1.58. The number of nitrogens with zero attached hydrogens (tertiary/aromatic N) is 1. The van der Waals surface area contributed by atoms with Gasteiger partial charge in [-0.15, -0.1) is 0 Å². The molecule has 0 bridgehead atoms. The van der Waals surface area contributed by atoms with Crippen LogP contribution in [-0.2, 0) is 20.9 Å². The maximum absolute atomic E-state index is 11.9. The van der Waals surface area contributed by atoms with E-state index in [4.69, 9.17) is 9.15 Å². The first-order chi connectivity index (χ1) is 11.6. The summed E-state index contributed by atoms with van der Waals surface area (Å²) < 4.78 is 11.2. The molecule has 0 unspecified atom stereocenters. The van der Waals surface area contributed by atoms with Crippen molar-refractivity contribution in [2.45, 2.75) is 44.7 Å². The van der Waals surface area contributed by atoms with Crippen LogP contribution in [0.25, 0.3) is 11.1 Å². The van der Waals surface area contributed by atoms with Crippen molar-refractivity contribution >= 4 is 23.0 Å². The zero-order valence-electron chi connectivity index (χ0n) is 13.3. The number of esters is 1. The SMILES string of the molecule is O=C(COC(=O)Cn1c(=O)oc2ccccc21)NC1CCCCC1. The molecular formula is C17H20N2O5. The molecule has 1 amide bonds. The van der Waals surface area contributed by atoms with Crippen molar-refractivity contribution < 1.29 is 18.7 Å². The van der Waals surface area contributed by atoms with Gasteiger partial charge in [-0.2, -0.15) is 0 Å². The third-order valence-electron chi connectivity index (χ3n) is 4.20. The number of amides is 1. The lowest BCUT2D eigenvalue weighted by atomic mass is 9.95. The van der Waals surface area contributed by atoms with Gasteiger partial charge in [0.15, 0.2) is 12.2 Å². The standard InChI is InChI=1S/C17H20N2O5/c20-15(18-12-6-2-1-3-7-12)11-23-16(21)10-19-13-8-4-5-9-14(13)24-17(19)22/h4-5,8-9,12H,1-3,6-7,10-11H2,(H,18,20). The Balaban J connectivity index is 1.52.